The second kappa shape index (κ2) is 5.31. The number of aryl methyl sites for hydroxylation is 1. The number of rotatable bonds is 3. The van der Waals surface area contributed by atoms with Crippen LogP contribution >= 0.6 is 0 Å². The second-order valence-corrected chi connectivity index (χ2v) is 5.36. The number of carbonyl (C=O) groups is 1. The van der Waals surface area contributed by atoms with Crippen molar-refractivity contribution < 1.29 is 14.3 Å². The van der Waals surface area contributed by atoms with Gasteiger partial charge >= 0.3 is 5.97 Å². The molecule has 3 heterocycles. The molecule has 0 unspecified atom stereocenters. The highest BCUT2D eigenvalue weighted by molar-refractivity contribution is 5.87. The van der Waals surface area contributed by atoms with Crippen molar-refractivity contribution in [3.8, 4) is 22.7 Å². The van der Waals surface area contributed by atoms with Gasteiger partial charge in [-0.1, -0.05) is 0 Å². The van der Waals surface area contributed by atoms with E-state index < -0.39 is 5.97 Å². The Labute approximate surface area is 136 Å². The van der Waals surface area contributed by atoms with E-state index in [0.717, 1.165) is 11.3 Å². The van der Waals surface area contributed by atoms with Gasteiger partial charge in [0.2, 0.25) is 5.89 Å². The molecule has 24 heavy (non-hydrogen) atoms. The minimum atomic E-state index is -1.09. The highest BCUT2D eigenvalue weighted by Crippen LogP contribution is 2.27. The zero-order valence-electron chi connectivity index (χ0n) is 12.7. The molecule has 0 bridgehead atoms. The summed E-state index contributed by atoms with van der Waals surface area (Å²) in [6, 6.07) is 8.73. The highest BCUT2D eigenvalue weighted by atomic mass is 16.4. The van der Waals surface area contributed by atoms with E-state index in [-0.39, 0.29) is 5.69 Å². The summed E-state index contributed by atoms with van der Waals surface area (Å²) < 4.78 is 7.60. The maximum atomic E-state index is 11.0. The first-order valence-electron chi connectivity index (χ1n) is 7.19. The van der Waals surface area contributed by atoms with E-state index in [4.69, 9.17) is 9.52 Å². The van der Waals surface area contributed by atoms with Crippen LogP contribution in [0.1, 0.15) is 10.5 Å². The van der Waals surface area contributed by atoms with E-state index in [9.17, 15) is 4.79 Å². The number of carboxylic acid groups (broad SMARTS) is 1. The lowest BCUT2D eigenvalue weighted by Gasteiger charge is -1.96. The van der Waals surface area contributed by atoms with Crippen LogP contribution < -0.4 is 0 Å². The van der Waals surface area contributed by atoms with E-state index in [1.807, 2.05) is 36.0 Å². The SMILES string of the molecule is Cn1cnc(-c2ccc3oc(-c4ccnc(C(=O)O)c4)nc3c2)c1. The third-order valence-corrected chi connectivity index (χ3v) is 3.61. The molecule has 0 atom stereocenters. The van der Waals surface area contributed by atoms with Crippen LogP contribution in [0.25, 0.3) is 33.8 Å². The number of aromatic nitrogens is 4. The predicted octanol–water partition coefficient (Wildman–Crippen LogP) is 2.99. The van der Waals surface area contributed by atoms with Gasteiger partial charge < -0.3 is 14.1 Å². The molecule has 4 rings (SSSR count). The summed E-state index contributed by atoms with van der Waals surface area (Å²) in [5.41, 5.74) is 3.60. The highest BCUT2D eigenvalue weighted by Gasteiger charge is 2.13. The van der Waals surface area contributed by atoms with Crippen molar-refractivity contribution >= 4 is 17.1 Å². The van der Waals surface area contributed by atoms with Crippen molar-refractivity contribution in [2.75, 3.05) is 0 Å². The van der Waals surface area contributed by atoms with Crippen LogP contribution in [0.4, 0.5) is 0 Å². The fourth-order valence-electron chi connectivity index (χ4n) is 2.45. The van der Waals surface area contributed by atoms with Gasteiger partial charge in [0.05, 0.1) is 12.0 Å². The van der Waals surface area contributed by atoms with Crippen LogP contribution in [0.2, 0.25) is 0 Å². The number of oxazole rings is 1. The molecule has 0 fully saturated rings. The minimum absolute atomic E-state index is 0.0519. The monoisotopic (exact) mass is 320 g/mol. The average Bonchev–Trinajstić information content (AvgIpc) is 3.20. The number of aromatic carboxylic acids is 1. The quantitative estimate of drug-likeness (QED) is 0.623. The van der Waals surface area contributed by atoms with Gasteiger partial charge in [0.15, 0.2) is 5.58 Å². The summed E-state index contributed by atoms with van der Waals surface area (Å²) in [7, 11) is 1.91. The van der Waals surface area contributed by atoms with Crippen LogP contribution in [0.3, 0.4) is 0 Å². The third-order valence-electron chi connectivity index (χ3n) is 3.61. The standard InChI is InChI=1S/C17H12N4O3/c1-21-8-14(19-9-21)10-2-3-15-12(6-10)20-16(24-15)11-4-5-18-13(7-11)17(22)23/h2-9H,1H3,(H,22,23). The number of carboxylic acids is 1. The number of hydrogen-bond donors (Lipinski definition) is 1. The molecule has 0 saturated heterocycles. The van der Waals surface area contributed by atoms with E-state index in [0.29, 0.717) is 22.6 Å². The van der Waals surface area contributed by atoms with E-state index >= 15 is 0 Å². The van der Waals surface area contributed by atoms with Crippen LogP contribution in [0, 0.1) is 0 Å². The number of pyridine rings is 1. The Hall–Kier alpha value is -3.48. The molecule has 1 N–H and O–H groups in total. The minimum Gasteiger partial charge on any atom is -0.477 e. The summed E-state index contributed by atoms with van der Waals surface area (Å²) in [5.74, 6) is -0.738. The van der Waals surface area contributed by atoms with E-state index in [1.54, 1.807) is 12.4 Å². The molecule has 0 spiro atoms. The molecular weight excluding hydrogens is 308 g/mol. The molecule has 0 amide bonds. The Bertz CT molecular complexity index is 1060. The summed E-state index contributed by atoms with van der Waals surface area (Å²) in [6.07, 6.45) is 5.08. The van der Waals surface area contributed by atoms with E-state index in [2.05, 4.69) is 15.0 Å². The molecule has 0 aliphatic carbocycles. The lowest BCUT2D eigenvalue weighted by molar-refractivity contribution is 0.0690. The Morgan fingerprint density at radius 3 is 2.79 bits per heavy atom. The lowest BCUT2D eigenvalue weighted by atomic mass is 10.1. The van der Waals surface area contributed by atoms with Crippen molar-refractivity contribution in [1.29, 1.82) is 0 Å². The topological polar surface area (TPSA) is 94.0 Å². The summed E-state index contributed by atoms with van der Waals surface area (Å²) in [5, 5.41) is 9.04. The van der Waals surface area contributed by atoms with Gasteiger partial charge in [-0.15, -0.1) is 0 Å². The average molecular weight is 320 g/mol. The maximum absolute atomic E-state index is 11.0. The molecule has 0 aliphatic rings. The Balaban J connectivity index is 1.78. The number of benzene rings is 1. The molecule has 118 valence electrons. The predicted molar refractivity (Wildman–Crippen MR) is 86.4 cm³/mol. The first-order chi connectivity index (χ1) is 11.6. The van der Waals surface area contributed by atoms with Crippen LogP contribution in [-0.2, 0) is 7.05 Å². The first kappa shape index (κ1) is 14.1. The third kappa shape index (κ3) is 2.41. The van der Waals surface area contributed by atoms with Crippen LogP contribution in [0.5, 0.6) is 0 Å². The summed E-state index contributed by atoms with van der Waals surface area (Å²) in [4.78, 5) is 23.6. The van der Waals surface area contributed by atoms with Gasteiger partial charge in [-0.2, -0.15) is 0 Å². The Morgan fingerprint density at radius 1 is 1.17 bits per heavy atom. The smallest absolute Gasteiger partial charge is 0.354 e. The van der Waals surface area contributed by atoms with Crippen LogP contribution in [-0.4, -0.2) is 30.6 Å². The fourth-order valence-corrected chi connectivity index (χ4v) is 2.45. The first-order valence-corrected chi connectivity index (χ1v) is 7.19. The number of imidazole rings is 1. The molecule has 7 nitrogen and oxygen atoms in total. The number of fused-ring (bicyclic) bond motifs is 1. The van der Waals surface area contributed by atoms with Gasteiger partial charge in [-0.3, -0.25) is 0 Å². The van der Waals surface area contributed by atoms with Gasteiger partial charge in [-0.25, -0.2) is 19.7 Å². The van der Waals surface area contributed by atoms with Gasteiger partial charge in [0, 0.05) is 30.6 Å². The fraction of sp³-hybridized carbons (Fsp3) is 0.0588. The van der Waals surface area contributed by atoms with E-state index in [1.165, 1.54) is 12.3 Å². The van der Waals surface area contributed by atoms with Crippen molar-refractivity contribution in [3.63, 3.8) is 0 Å². The zero-order chi connectivity index (χ0) is 16.7. The van der Waals surface area contributed by atoms with Crippen LogP contribution in [0.15, 0.2) is 53.5 Å². The molecule has 4 aromatic rings. The normalized spacial score (nSPS) is 11.0. The molecule has 1 aromatic carbocycles. The number of nitrogens with zero attached hydrogens (tertiary/aromatic N) is 4. The molecule has 0 radical (unpaired) electrons. The van der Waals surface area contributed by atoms with Crippen molar-refractivity contribution in [2.45, 2.75) is 0 Å². The largest absolute Gasteiger partial charge is 0.477 e. The molecule has 3 aromatic heterocycles. The second-order valence-electron chi connectivity index (χ2n) is 5.36. The van der Waals surface area contributed by atoms with Crippen molar-refractivity contribution in [1.82, 2.24) is 19.5 Å². The van der Waals surface area contributed by atoms with Gasteiger partial charge in [-0.05, 0) is 30.3 Å². The Morgan fingerprint density at radius 2 is 2.04 bits per heavy atom. The lowest BCUT2D eigenvalue weighted by Crippen LogP contribution is -1.99. The van der Waals surface area contributed by atoms with Gasteiger partial charge in [0.1, 0.15) is 11.2 Å². The maximum Gasteiger partial charge on any atom is 0.354 e. The molecular formula is C17H12N4O3. The number of hydrogen-bond acceptors (Lipinski definition) is 5. The van der Waals surface area contributed by atoms with Crippen molar-refractivity contribution in [3.05, 3.63) is 54.7 Å². The Kier molecular flexibility index (Phi) is 3.13. The summed E-state index contributed by atoms with van der Waals surface area (Å²) in [6.45, 7) is 0. The summed E-state index contributed by atoms with van der Waals surface area (Å²) >= 11 is 0. The zero-order valence-corrected chi connectivity index (χ0v) is 12.7. The van der Waals surface area contributed by atoms with Crippen molar-refractivity contribution in [2.24, 2.45) is 7.05 Å². The van der Waals surface area contributed by atoms with Gasteiger partial charge in [0.25, 0.3) is 0 Å². The molecule has 7 heteroatoms. The molecule has 0 saturated carbocycles. The molecule has 0 aliphatic heterocycles.